The van der Waals surface area contributed by atoms with Crippen molar-refractivity contribution in [3.63, 3.8) is 0 Å². The van der Waals surface area contributed by atoms with Gasteiger partial charge in [0.05, 0.1) is 0 Å². The van der Waals surface area contributed by atoms with Gasteiger partial charge < -0.3 is 5.21 Å². The Labute approximate surface area is 47.3 Å². The molecule has 2 N–H and O–H groups in total. The first kappa shape index (κ1) is 9.92. The van der Waals surface area contributed by atoms with Crippen molar-refractivity contribution in [2.75, 3.05) is 0 Å². The van der Waals surface area contributed by atoms with Gasteiger partial charge in [-0.1, -0.05) is 6.42 Å². The summed E-state index contributed by atoms with van der Waals surface area (Å²) < 4.78 is 0. The summed E-state index contributed by atoms with van der Waals surface area (Å²) >= 11 is 0. The van der Waals surface area contributed by atoms with Gasteiger partial charge >= 0.3 is 0 Å². The summed E-state index contributed by atoms with van der Waals surface area (Å²) in [7, 11) is 0. The molecule has 4 nitrogen and oxygen atoms in total. The van der Waals surface area contributed by atoms with Crippen LogP contribution in [0.4, 0.5) is 0 Å². The van der Waals surface area contributed by atoms with Crippen molar-refractivity contribution in [2.45, 2.75) is 6.92 Å². The molecule has 0 aliphatic heterocycles. The normalized spacial score (nSPS) is 6.62. The Bertz CT molecular complexity index is 79.8. The largest absolute Gasteiger partial charge is 0.411 e. The zero-order valence-corrected chi connectivity index (χ0v) is 4.40. The van der Waals surface area contributed by atoms with E-state index >= 15 is 0 Å². The monoisotopic (exact) mass is 117 g/mol. The van der Waals surface area contributed by atoms with Crippen LogP contribution in [0.1, 0.15) is 6.92 Å². The maximum atomic E-state index is 7.44. The molecule has 0 fully saturated rings. The minimum atomic E-state index is 1.31. The lowest BCUT2D eigenvalue weighted by Crippen LogP contribution is -1.58. The number of terminal acetylenes is 1. The number of rotatable bonds is 0. The number of hydrogen-bond acceptors (Lipinski definition) is 4. The van der Waals surface area contributed by atoms with Crippen LogP contribution in [-0.4, -0.2) is 16.7 Å². The summed E-state index contributed by atoms with van der Waals surface area (Å²) in [6, 6.07) is 0. The Balaban J connectivity index is 0. The minimum Gasteiger partial charge on any atom is -0.411 e. The van der Waals surface area contributed by atoms with Crippen molar-refractivity contribution in [3.8, 4) is 12.5 Å². The van der Waals surface area contributed by atoms with Gasteiger partial charge in [-0.3, -0.25) is 4.89 Å². The summed E-state index contributed by atoms with van der Waals surface area (Å²) in [6.45, 7) is 1.64. The predicted octanol–water partition coefficient (Wildman–Crippen LogP) is 0.533. The van der Waals surface area contributed by atoms with Gasteiger partial charge in [0.1, 0.15) is 0 Å². The third-order valence-corrected chi connectivity index (χ3v) is 0.168. The fourth-order valence-corrected chi connectivity index (χ4v) is 0. The molecule has 0 radical (unpaired) electrons. The van der Waals surface area contributed by atoms with Crippen LogP contribution in [0.3, 0.4) is 0 Å². The first-order chi connectivity index (χ1) is 3.83. The first-order valence-electron chi connectivity index (χ1n) is 1.71. The standard InChI is InChI=1S/C2H5NO.C2H2O2/c1-2-3-4;1-2-4-3/h2,4H,1H3;1,3H/b3-2-;. The molecule has 0 aliphatic carbocycles. The number of hydrogen-bond donors (Lipinski definition) is 2. The molecule has 8 heavy (non-hydrogen) atoms. The van der Waals surface area contributed by atoms with Crippen molar-refractivity contribution >= 4 is 6.21 Å². The Kier molecular flexibility index (Phi) is 21.2. The van der Waals surface area contributed by atoms with Gasteiger partial charge in [0.15, 0.2) is 6.11 Å². The van der Waals surface area contributed by atoms with Crippen molar-refractivity contribution in [2.24, 2.45) is 5.16 Å². The lowest BCUT2D eigenvalue weighted by molar-refractivity contribution is -0.171. The van der Waals surface area contributed by atoms with Gasteiger partial charge in [0, 0.05) is 6.21 Å². The predicted molar refractivity (Wildman–Crippen MR) is 28.5 cm³/mol. The molecule has 0 heterocycles. The van der Waals surface area contributed by atoms with Crippen molar-refractivity contribution < 1.29 is 15.4 Å². The molecule has 0 aromatic rings. The van der Waals surface area contributed by atoms with E-state index in [1.165, 1.54) is 12.3 Å². The lowest BCUT2D eigenvalue weighted by Gasteiger charge is -1.62. The minimum absolute atomic E-state index is 1.31. The van der Waals surface area contributed by atoms with E-state index in [1.54, 1.807) is 6.92 Å². The molecule has 0 bridgehead atoms. The Morgan fingerprint density at radius 1 is 1.88 bits per heavy atom. The Hall–Kier alpha value is -1.21. The molecule has 0 spiro atoms. The van der Waals surface area contributed by atoms with Crippen LogP contribution in [0.15, 0.2) is 5.16 Å². The van der Waals surface area contributed by atoms with Crippen LogP contribution in [0, 0.1) is 12.5 Å². The first-order valence-corrected chi connectivity index (χ1v) is 1.71. The maximum Gasteiger partial charge on any atom is 0.153 e. The second kappa shape index (κ2) is 17.1. The van der Waals surface area contributed by atoms with Crippen LogP contribution in [-0.2, 0) is 4.89 Å². The second-order valence-electron chi connectivity index (χ2n) is 0.583. The van der Waals surface area contributed by atoms with E-state index in [0.29, 0.717) is 0 Å². The highest BCUT2D eigenvalue weighted by molar-refractivity contribution is 5.51. The van der Waals surface area contributed by atoms with Gasteiger partial charge in [0.25, 0.3) is 0 Å². The van der Waals surface area contributed by atoms with Crippen LogP contribution in [0.5, 0.6) is 0 Å². The highest BCUT2D eigenvalue weighted by atomic mass is 17.1. The van der Waals surface area contributed by atoms with E-state index in [0.717, 1.165) is 0 Å². The van der Waals surface area contributed by atoms with Crippen LogP contribution >= 0.6 is 0 Å². The van der Waals surface area contributed by atoms with E-state index in [4.69, 9.17) is 10.5 Å². The zero-order valence-electron chi connectivity index (χ0n) is 4.40. The molecule has 0 aromatic heterocycles. The van der Waals surface area contributed by atoms with E-state index < -0.39 is 0 Å². The summed E-state index contributed by atoms with van der Waals surface area (Å²) in [6.07, 6.45) is 7.10. The van der Waals surface area contributed by atoms with Gasteiger partial charge in [0.2, 0.25) is 0 Å². The fourth-order valence-electron chi connectivity index (χ4n) is 0. The van der Waals surface area contributed by atoms with E-state index in [2.05, 4.69) is 16.5 Å². The van der Waals surface area contributed by atoms with E-state index in [-0.39, 0.29) is 0 Å². The highest BCUT2D eigenvalue weighted by Gasteiger charge is 1.37. The second-order valence-corrected chi connectivity index (χ2v) is 0.583. The smallest absolute Gasteiger partial charge is 0.153 e. The van der Waals surface area contributed by atoms with Crippen molar-refractivity contribution in [1.29, 1.82) is 0 Å². The average Bonchev–Trinajstić information content (AvgIpc) is 1.88. The molecule has 0 aromatic carbocycles. The lowest BCUT2D eigenvalue weighted by atomic mass is 10.9. The molecule has 4 heteroatoms. The molecule has 0 rings (SSSR count). The summed E-state index contributed by atoms with van der Waals surface area (Å²) in [5, 5.41) is 17.2. The summed E-state index contributed by atoms with van der Waals surface area (Å²) in [5.41, 5.74) is 0. The average molecular weight is 117 g/mol. The molecule has 0 atom stereocenters. The number of nitrogens with zero attached hydrogens (tertiary/aromatic N) is 1. The summed E-state index contributed by atoms with van der Waals surface area (Å²) in [5.74, 6) is 0. The molecular formula is C4H7NO3. The highest BCUT2D eigenvalue weighted by Crippen LogP contribution is 1.40. The molecule has 0 unspecified atom stereocenters. The maximum absolute atomic E-state index is 7.44. The van der Waals surface area contributed by atoms with Gasteiger partial charge in [-0.05, 0) is 6.92 Å². The van der Waals surface area contributed by atoms with Crippen LogP contribution in [0.2, 0.25) is 0 Å². The Morgan fingerprint density at radius 3 is 2.12 bits per heavy atom. The third-order valence-electron chi connectivity index (χ3n) is 0.168. The van der Waals surface area contributed by atoms with Crippen LogP contribution in [0.25, 0.3) is 0 Å². The summed E-state index contributed by atoms with van der Waals surface area (Å²) in [4.78, 5) is 3.07. The van der Waals surface area contributed by atoms with Crippen molar-refractivity contribution in [1.82, 2.24) is 0 Å². The van der Waals surface area contributed by atoms with Gasteiger partial charge in [-0.25, -0.2) is 0 Å². The SMILES string of the molecule is C#COO.C/C=N\O. The molecule has 0 aliphatic rings. The molecule has 46 valence electrons. The molecule has 0 amide bonds. The zero-order chi connectivity index (χ0) is 6.83. The quantitative estimate of drug-likeness (QED) is 0.160. The fraction of sp³-hybridized carbons (Fsp3) is 0.250. The van der Waals surface area contributed by atoms with Crippen LogP contribution < -0.4 is 0 Å². The molecular weight excluding hydrogens is 110 g/mol. The van der Waals surface area contributed by atoms with E-state index in [1.807, 2.05) is 0 Å². The van der Waals surface area contributed by atoms with Gasteiger partial charge in [-0.15, -0.1) is 5.16 Å². The molecule has 0 saturated carbocycles. The van der Waals surface area contributed by atoms with Crippen molar-refractivity contribution in [3.05, 3.63) is 0 Å². The third kappa shape index (κ3) is 110. The molecule has 0 saturated heterocycles. The topological polar surface area (TPSA) is 62.0 Å². The Morgan fingerprint density at radius 2 is 2.12 bits per heavy atom. The van der Waals surface area contributed by atoms with E-state index in [9.17, 15) is 0 Å². The van der Waals surface area contributed by atoms with Gasteiger partial charge in [-0.2, -0.15) is 5.26 Å². The number of oxime groups is 1.